The Morgan fingerprint density at radius 3 is 2.16 bits per heavy atom. The molecule has 8 heteroatoms. The van der Waals surface area contributed by atoms with Crippen molar-refractivity contribution < 1.29 is 18.0 Å². The molecule has 0 aliphatic carbocycles. The molecule has 1 aliphatic heterocycles. The van der Waals surface area contributed by atoms with Crippen LogP contribution in [0.25, 0.3) is 0 Å². The molecule has 0 bridgehead atoms. The van der Waals surface area contributed by atoms with Crippen LogP contribution in [-0.4, -0.2) is 55.6 Å². The highest BCUT2D eigenvalue weighted by Crippen LogP contribution is 2.21. The number of sulfonamides is 1. The average molecular weight is 367 g/mol. The summed E-state index contributed by atoms with van der Waals surface area (Å²) in [5.74, 6) is -1.21. The first kappa shape index (κ1) is 19.4. The first-order chi connectivity index (χ1) is 11.9. The molecule has 138 valence electrons. The van der Waals surface area contributed by atoms with E-state index in [-0.39, 0.29) is 11.4 Å². The van der Waals surface area contributed by atoms with Crippen molar-refractivity contribution in [1.82, 2.24) is 14.5 Å². The van der Waals surface area contributed by atoms with Crippen molar-refractivity contribution >= 4 is 21.8 Å². The van der Waals surface area contributed by atoms with Crippen molar-refractivity contribution in [1.29, 1.82) is 0 Å². The summed E-state index contributed by atoms with van der Waals surface area (Å²) in [6, 6.07) is 6.40. The van der Waals surface area contributed by atoms with Crippen LogP contribution in [-0.2, 0) is 26.2 Å². The highest BCUT2D eigenvalue weighted by molar-refractivity contribution is 7.89. The molecule has 0 saturated carbocycles. The molecule has 0 radical (unpaired) electrons. The van der Waals surface area contributed by atoms with Gasteiger partial charge in [0, 0.05) is 32.7 Å². The Morgan fingerprint density at radius 2 is 1.64 bits per heavy atom. The third-order valence-corrected chi connectivity index (χ3v) is 6.24. The van der Waals surface area contributed by atoms with Gasteiger partial charge in [0.25, 0.3) is 0 Å². The Morgan fingerprint density at radius 1 is 1.08 bits per heavy atom. The largest absolute Gasteiger partial charge is 0.344 e. The number of carbonyl (C=O) groups excluding carboxylic acids is 2. The third-order valence-electron chi connectivity index (χ3n) is 4.32. The van der Waals surface area contributed by atoms with E-state index in [2.05, 4.69) is 5.32 Å². The third kappa shape index (κ3) is 4.58. The topological polar surface area (TPSA) is 86.8 Å². The van der Waals surface area contributed by atoms with E-state index in [1.54, 1.807) is 24.3 Å². The van der Waals surface area contributed by atoms with Gasteiger partial charge in [-0.2, -0.15) is 4.31 Å². The van der Waals surface area contributed by atoms with E-state index in [4.69, 9.17) is 0 Å². The lowest BCUT2D eigenvalue weighted by atomic mass is 10.2. The van der Waals surface area contributed by atoms with Gasteiger partial charge in [0.05, 0.1) is 4.90 Å². The first-order valence-corrected chi connectivity index (χ1v) is 10.00. The zero-order valence-electron chi connectivity index (χ0n) is 14.7. The van der Waals surface area contributed by atoms with Gasteiger partial charge < -0.3 is 10.2 Å². The molecule has 0 unspecified atom stereocenters. The quantitative estimate of drug-likeness (QED) is 0.759. The summed E-state index contributed by atoms with van der Waals surface area (Å²) in [5, 5.41) is 2.57. The van der Waals surface area contributed by atoms with Crippen LogP contribution < -0.4 is 5.32 Å². The molecule has 1 fully saturated rings. The average Bonchev–Trinajstić information content (AvgIpc) is 3.16. The normalized spacial score (nSPS) is 15.1. The molecule has 1 aromatic rings. The molecular weight excluding hydrogens is 342 g/mol. The van der Waals surface area contributed by atoms with Gasteiger partial charge in [-0.1, -0.05) is 12.1 Å². The first-order valence-electron chi connectivity index (χ1n) is 8.56. The van der Waals surface area contributed by atoms with Crippen molar-refractivity contribution in [2.75, 3.05) is 26.2 Å². The van der Waals surface area contributed by atoms with E-state index in [1.807, 2.05) is 13.8 Å². The molecule has 1 N–H and O–H groups in total. The van der Waals surface area contributed by atoms with E-state index in [0.717, 1.165) is 18.4 Å². The minimum absolute atomic E-state index is 0.176. The SMILES string of the molecule is CCN(CC)C(=O)C(=O)NCc1ccc(S(=O)(=O)N2CCCC2)cc1. The predicted octanol–water partition coefficient (Wildman–Crippen LogP) is 0.956. The maximum Gasteiger partial charge on any atom is 0.311 e. The monoisotopic (exact) mass is 367 g/mol. The molecule has 0 spiro atoms. The zero-order valence-corrected chi connectivity index (χ0v) is 15.5. The number of hydrogen-bond donors (Lipinski definition) is 1. The molecule has 1 saturated heterocycles. The smallest absolute Gasteiger partial charge is 0.311 e. The Kier molecular flexibility index (Phi) is 6.55. The fourth-order valence-corrected chi connectivity index (χ4v) is 4.29. The molecule has 25 heavy (non-hydrogen) atoms. The van der Waals surface area contributed by atoms with E-state index in [1.165, 1.54) is 9.21 Å². The lowest BCUT2D eigenvalue weighted by Crippen LogP contribution is -2.42. The number of rotatable bonds is 6. The van der Waals surface area contributed by atoms with Crippen LogP contribution in [0.1, 0.15) is 32.3 Å². The van der Waals surface area contributed by atoms with E-state index in [0.29, 0.717) is 26.2 Å². The highest BCUT2D eigenvalue weighted by atomic mass is 32.2. The number of carbonyl (C=O) groups is 2. The van der Waals surface area contributed by atoms with Crippen LogP contribution in [0.15, 0.2) is 29.2 Å². The summed E-state index contributed by atoms with van der Waals surface area (Å²) < 4.78 is 26.4. The standard InChI is InChI=1S/C17H25N3O4S/c1-3-19(4-2)17(22)16(21)18-13-14-7-9-15(10-8-14)25(23,24)20-11-5-6-12-20/h7-10H,3-6,11-13H2,1-2H3,(H,18,21). The maximum atomic E-state index is 12.4. The minimum atomic E-state index is -3.43. The summed E-state index contributed by atoms with van der Waals surface area (Å²) in [7, 11) is -3.43. The van der Waals surface area contributed by atoms with Crippen molar-refractivity contribution in [2.24, 2.45) is 0 Å². The van der Waals surface area contributed by atoms with Crippen molar-refractivity contribution in [2.45, 2.75) is 38.1 Å². The van der Waals surface area contributed by atoms with E-state index < -0.39 is 21.8 Å². The Hall–Kier alpha value is -1.93. The van der Waals surface area contributed by atoms with Gasteiger partial charge in [-0.15, -0.1) is 0 Å². The molecule has 1 aromatic carbocycles. The molecule has 2 rings (SSSR count). The van der Waals surface area contributed by atoms with Crippen molar-refractivity contribution in [3.63, 3.8) is 0 Å². The molecule has 1 heterocycles. The Labute approximate surface area is 149 Å². The zero-order chi connectivity index (χ0) is 18.4. The van der Waals surface area contributed by atoms with Gasteiger partial charge in [0.1, 0.15) is 0 Å². The van der Waals surface area contributed by atoms with Crippen LogP contribution >= 0.6 is 0 Å². The lowest BCUT2D eigenvalue weighted by molar-refractivity contribution is -0.145. The van der Waals surface area contributed by atoms with Crippen molar-refractivity contribution in [3.8, 4) is 0 Å². The van der Waals surface area contributed by atoms with Crippen molar-refractivity contribution in [3.05, 3.63) is 29.8 Å². The molecule has 7 nitrogen and oxygen atoms in total. The number of nitrogens with one attached hydrogen (secondary N) is 1. The molecule has 1 aliphatic rings. The predicted molar refractivity (Wildman–Crippen MR) is 94.2 cm³/mol. The number of likely N-dealkylation sites (N-methyl/N-ethyl adjacent to an activating group) is 1. The lowest BCUT2D eigenvalue weighted by Gasteiger charge is -2.18. The summed E-state index contributed by atoms with van der Waals surface area (Å²) in [4.78, 5) is 25.5. The Bertz CT molecular complexity index is 706. The van der Waals surface area contributed by atoms with Crippen LogP contribution in [0.2, 0.25) is 0 Å². The number of benzene rings is 1. The second-order valence-corrected chi connectivity index (χ2v) is 7.85. The summed E-state index contributed by atoms with van der Waals surface area (Å²) in [5.41, 5.74) is 0.737. The number of nitrogens with zero attached hydrogens (tertiary/aromatic N) is 2. The van der Waals surface area contributed by atoms with Gasteiger partial charge in [0.2, 0.25) is 10.0 Å². The minimum Gasteiger partial charge on any atom is -0.344 e. The van der Waals surface area contributed by atoms with Gasteiger partial charge in [-0.25, -0.2) is 8.42 Å². The second-order valence-electron chi connectivity index (χ2n) is 5.92. The number of hydrogen-bond acceptors (Lipinski definition) is 4. The molecule has 0 atom stereocenters. The molecular formula is C17H25N3O4S. The number of amides is 2. The summed E-state index contributed by atoms with van der Waals surface area (Å²) in [6.07, 6.45) is 1.79. The van der Waals surface area contributed by atoms with Gasteiger partial charge >= 0.3 is 11.8 Å². The van der Waals surface area contributed by atoms with Crippen LogP contribution in [0.5, 0.6) is 0 Å². The molecule has 0 aromatic heterocycles. The Balaban J connectivity index is 1.96. The van der Waals surface area contributed by atoms with E-state index >= 15 is 0 Å². The van der Waals surface area contributed by atoms with Crippen LogP contribution in [0, 0.1) is 0 Å². The summed E-state index contributed by atoms with van der Waals surface area (Å²) >= 11 is 0. The molecule has 2 amide bonds. The van der Waals surface area contributed by atoms with Gasteiger partial charge in [0.15, 0.2) is 0 Å². The summed E-state index contributed by atoms with van der Waals surface area (Å²) in [6.45, 7) is 5.89. The van der Waals surface area contributed by atoms with Crippen LogP contribution in [0.4, 0.5) is 0 Å². The van der Waals surface area contributed by atoms with E-state index in [9.17, 15) is 18.0 Å². The van der Waals surface area contributed by atoms with Gasteiger partial charge in [-0.05, 0) is 44.4 Å². The van der Waals surface area contributed by atoms with Gasteiger partial charge in [-0.3, -0.25) is 9.59 Å². The highest BCUT2D eigenvalue weighted by Gasteiger charge is 2.27. The van der Waals surface area contributed by atoms with Crippen LogP contribution in [0.3, 0.4) is 0 Å². The second kappa shape index (κ2) is 8.44. The fourth-order valence-electron chi connectivity index (χ4n) is 2.77. The fraction of sp³-hybridized carbons (Fsp3) is 0.529. The maximum absolute atomic E-state index is 12.4.